The van der Waals surface area contributed by atoms with Gasteiger partial charge in [0.25, 0.3) is 0 Å². The van der Waals surface area contributed by atoms with Crippen molar-refractivity contribution in [3.05, 3.63) is 68.9 Å². The predicted octanol–water partition coefficient (Wildman–Crippen LogP) is 4.81. The molecule has 4 bridgehead atoms. The number of carbonyl (C=O) groups is 1. The summed E-state index contributed by atoms with van der Waals surface area (Å²) in [5, 5.41) is -0.0614. The van der Waals surface area contributed by atoms with Crippen LogP contribution in [0.5, 0.6) is 0 Å². The molecule has 3 heterocycles. The second-order valence-corrected chi connectivity index (χ2v) is 7.55. The molecule has 5 nitrogen and oxygen atoms in total. The van der Waals surface area contributed by atoms with Crippen LogP contribution in [-0.2, 0) is 11.2 Å². The number of pyridine rings is 2. The number of hydrogen-bond donors (Lipinski definition) is 0. The first-order chi connectivity index (χ1) is 14.9. The summed E-state index contributed by atoms with van der Waals surface area (Å²) in [6.45, 7) is 3.60. The van der Waals surface area contributed by atoms with Crippen molar-refractivity contribution in [3.8, 4) is 5.69 Å². The molecule has 2 aliphatic rings. The molecular formula is C23H21F3N2O3. The first-order valence-electron chi connectivity index (χ1n) is 10.3. The van der Waals surface area contributed by atoms with E-state index in [1.807, 2.05) is 6.92 Å². The van der Waals surface area contributed by atoms with Crippen molar-refractivity contribution >= 4 is 17.0 Å². The molecule has 0 saturated carbocycles. The first kappa shape index (κ1) is 21.1. The van der Waals surface area contributed by atoms with Crippen LogP contribution in [0.4, 0.5) is 13.2 Å². The van der Waals surface area contributed by atoms with Crippen LogP contribution in [0.25, 0.3) is 16.7 Å². The van der Waals surface area contributed by atoms with E-state index in [2.05, 4.69) is 4.98 Å². The number of esters is 1. The fraction of sp³-hybridized carbons (Fsp3) is 0.348. The molecule has 31 heavy (non-hydrogen) atoms. The number of aromatic nitrogens is 2. The summed E-state index contributed by atoms with van der Waals surface area (Å²) in [4.78, 5) is 30.3. The summed E-state index contributed by atoms with van der Waals surface area (Å²) >= 11 is 0. The van der Waals surface area contributed by atoms with Gasteiger partial charge in [-0.25, -0.2) is 22.9 Å². The van der Waals surface area contributed by atoms with Gasteiger partial charge in [-0.1, -0.05) is 13.3 Å². The SMILES string of the molecule is CCCC1CCc2c(C(=O)OCC)c(=O)c3c1c(F)cnc3n2-c1ccc(F)cc1F. The zero-order chi connectivity index (χ0) is 22.3. The Hall–Kier alpha value is -3.16. The van der Waals surface area contributed by atoms with Crippen LogP contribution in [0.3, 0.4) is 0 Å². The van der Waals surface area contributed by atoms with Crippen molar-refractivity contribution in [1.82, 2.24) is 9.55 Å². The third-order valence-electron chi connectivity index (χ3n) is 5.68. The second kappa shape index (κ2) is 8.17. The summed E-state index contributed by atoms with van der Waals surface area (Å²) in [5.74, 6) is -3.40. The molecule has 0 radical (unpaired) electrons. The number of ether oxygens (including phenoxy) is 1. The highest BCUT2D eigenvalue weighted by Gasteiger charge is 2.33. The highest BCUT2D eigenvalue weighted by molar-refractivity contribution is 5.96. The molecule has 3 aromatic rings. The minimum Gasteiger partial charge on any atom is -0.462 e. The summed E-state index contributed by atoms with van der Waals surface area (Å²) < 4.78 is 49.7. The quantitative estimate of drug-likeness (QED) is 0.545. The lowest BCUT2D eigenvalue weighted by Crippen LogP contribution is -2.30. The van der Waals surface area contributed by atoms with Gasteiger partial charge in [-0.15, -0.1) is 0 Å². The van der Waals surface area contributed by atoms with Crippen LogP contribution in [0, 0.1) is 17.5 Å². The highest BCUT2D eigenvalue weighted by Crippen LogP contribution is 2.37. The lowest BCUT2D eigenvalue weighted by molar-refractivity contribution is 0.0522. The zero-order valence-corrected chi connectivity index (χ0v) is 17.2. The normalized spacial score (nSPS) is 15.3. The molecule has 0 saturated heterocycles. The fourth-order valence-corrected chi connectivity index (χ4v) is 4.45. The average Bonchev–Trinajstić information content (AvgIpc) is 2.71. The second-order valence-electron chi connectivity index (χ2n) is 7.55. The van der Waals surface area contributed by atoms with E-state index in [0.29, 0.717) is 18.9 Å². The maximum Gasteiger partial charge on any atom is 0.343 e. The largest absolute Gasteiger partial charge is 0.462 e. The maximum absolute atomic E-state index is 15.0. The molecule has 0 amide bonds. The van der Waals surface area contributed by atoms with Crippen LogP contribution < -0.4 is 5.43 Å². The molecule has 0 spiro atoms. The molecule has 8 heteroatoms. The monoisotopic (exact) mass is 430 g/mol. The van der Waals surface area contributed by atoms with Gasteiger partial charge in [-0.05, 0) is 44.2 Å². The van der Waals surface area contributed by atoms with Crippen LogP contribution in [-0.4, -0.2) is 22.1 Å². The zero-order valence-electron chi connectivity index (χ0n) is 17.2. The van der Waals surface area contributed by atoms with Crippen LogP contribution in [0.1, 0.15) is 60.6 Å². The lowest BCUT2D eigenvalue weighted by Gasteiger charge is -2.27. The molecule has 1 aromatic carbocycles. The van der Waals surface area contributed by atoms with Crippen LogP contribution in [0.15, 0.2) is 29.2 Å². The topological polar surface area (TPSA) is 61.2 Å². The number of benzene rings is 1. The summed E-state index contributed by atoms with van der Waals surface area (Å²) in [7, 11) is 0. The number of nitrogens with zero attached hydrogens (tertiary/aromatic N) is 2. The number of fused-ring (bicyclic) bond motifs is 3. The van der Waals surface area contributed by atoms with Crippen molar-refractivity contribution < 1.29 is 22.7 Å². The van der Waals surface area contributed by atoms with Gasteiger partial charge in [0.05, 0.1) is 23.9 Å². The first-order valence-corrected chi connectivity index (χ1v) is 10.3. The van der Waals surface area contributed by atoms with Crippen LogP contribution >= 0.6 is 0 Å². The Morgan fingerprint density at radius 1 is 1.23 bits per heavy atom. The Labute approximate surface area is 176 Å². The number of halogens is 3. The van der Waals surface area contributed by atoms with E-state index in [9.17, 15) is 22.8 Å². The molecular weight excluding hydrogens is 409 g/mol. The predicted molar refractivity (Wildman–Crippen MR) is 109 cm³/mol. The fourth-order valence-electron chi connectivity index (χ4n) is 4.45. The molecule has 0 fully saturated rings. The Bertz CT molecular complexity index is 1250. The van der Waals surface area contributed by atoms with Crippen molar-refractivity contribution in [1.29, 1.82) is 0 Å². The third-order valence-corrected chi connectivity index (χ3v) is 5.68. The van der Waals surface area contributed by atoms with Crippen molar-refractivity contribution in [2.75, 3.05) is 6.61 Å². The van der Waals surface area contributed by atoms with E-state index in [-0.39, 0.29) is 52.5 Å². The van der Waals surface area contributed by atoms with E-state index in [0.717, 1.165) is 18.7 Å². The van der Waals surface area contributed by atoms with E-state index < -0.39 is 28.8 Å². The summed E-state index contributed by atoms with van der Waals surface area (Å²) in [6.07, 6.45) is 3.08. The Morgan fingerprint density at radius 3 is 2.68 bits per heavy atom. The maximum atomic E-state index is 15.0. The minimum atomic E-state index is -0.889. The Balaban J connectivity index is 2.20. The van der Waals surface area contributed by atoms with Gasteiger partial charge in [0.1, 0.15) is 28.7 Å². The Morgan fingerprint density at radius 2 is 2.00 bits per heavy atom. The van der Waals surface area contributed by atoms with E-state index in [1.165, 1.54) is 10.6 Å². The third kappa shape index (κ3) is 3.40. The van der Waals surface area contributed by atoms with E-state index >= 15 is 0 Å². The molecule has 1 aliphatic carbocycles. The van der Waals surface area contributed by atoms with Gasteiger partial charge >= 0.3 is 5.97 Å². The molecule has 1 atom stereocenters. The van der Waals surface area contributed by atoms with Gasteiger partial charge in [0, 0.05) is 17.3 Å². The number of carbonyl (C=O) groups excluding carboxylic acids is 1. The molecule has 1 aliphatic heterocycles. The van der Waals surface area contributed by atoms with Gasteiger partial charge in [-0.3, -0.25) is 9.36 Å². The van der Waals surface area contributed by atoms with E-state index in [4.69, 9.17) is 4.74 Å². The highest BCUT2D eigenvalue weighted by atomic mass is 19.1. The Kier molecular flexibility index (Phi) is 5.56. The summed E-state index contributed by atoms with van der Waals surface area (Å²) in [5.41, 5.74) is -0.564. The van der Waals surface area contributed by atoms with Gasteiger partial charge in [0.15, 0.2) is 0 Å². The smallest absolute Gasteiger partial charge is 0.343 e. The minimum absolute atomic E-state index is 0.0351. The van der Waals surface area contributed by atoms with Crippen molar-refractivity contribution in [2.45, 2.75) is 45.4 Å². The summed E-state index contributed by atoms with van der Waals surface area (Å²) in [6, 6.07) is 3.00. The van der Waals surface area contributed by atoms with Gasteiger partial charge < -0.3 is 4.74 Å². The number of rotatable bonds is 5. The molecule has 162 valence electrons. The standard InChI is InChI=1S/C23H21F3N2O3/c1-3-5-12-6-8-17-19(23(30)31-4-2)21(29)20-18(12)15(26)11-27-22(20)28(17)16-9-7-13(24)10-14(16)25/h7,9-12H,3-6,8H2,1-2H3. The average molecular weight is 430 g/mol. The van der Waals surface area contributed by atoms with Crippen molar-refractivity contribution in [3.63, 3.8) is 0 Å². The molecule has 2 aromatic heterocycles. The van der Waals surface area contributed by atoms with Gasteiger partial charge in [-0.2, -0.15) is 0 Å². The molecule has 5 rings (SSSR count). The van der Waals surface area contributed by atoms with Crippen LogP contribution in [0.2, 0.25) is 0 Å². The lowest BCUT2D eigenvalue weighted by atomic mass is 9.84. The molecule has 0 N–H and O–H groups in total. The van der Waals surface area contributed by atoms with E-state index in [1.54, 1.807) is 6.92 Å². The molecule has 1 unspecified atom stereocenters. The van der Waals surface area contributed by atoms with Gasteiger partial charge in [0.2, 0.25) is 5.43 Å². The van der Waals surface area contributed by atoms with Crippen molar-refractivity contribution in [2.24, 2.45) is 0 Å². The number of hydrogen-bond acceptors (Lipinski definition) is 4.